The zero-order valence-electron chi connectivity index (χ0n) is 18.2. The number of methoxy groups -OCH3 is 1. The van der Waals surface area contributed by atoms with E-state index in [0.29, 0.717) is 10.8 Å². The molecule has 0 aliphatic rings. The molecule has 9 heteroatoms. The van der Waals surface area contributed by atoms with Crippen LogP contribution >= 0.6 is 11.6 Å². The zero-order chi connectivity index (χ0) is 23.8. The fourth-order valence-corrected chi connectivity index (χ4v) is 4.57. The Morgan fingerprint density at radius 3 is 2.42 bits per heavy atom. The summed E-state index contributed by atoms with van der Waals surface area (Å²) in [5, 5.41) is 4.35. The lowest BCUT2D eigenvalue weighted by Crippen LogP contribution is -2.39. The van der Waals surface area contributed by atoms with Crippen LogP contribution in [0.1, 0.15) is 16.7 Å². The van der Waals surface area contributed by atoms with Gasteiger partial charge in [0.05, 0.1) is 24.8 Å². The Kier molecular flexibility index (Phi) is 8.21. The lowest BCUT2D eigenvalue weighted by atomic mass is 10.1. The van der Waals surface area contributed by atoms with Crippen LogP contribution in [-0.2, 0) is 21.4 Å². The van der Waals surface area contributed by atoms with E-state index < -0.39 is 22.5 Å². The fourth-order valence-electron chi connectivity index (χ4n) is 3.06. The van der Waals surface area contributed by atoms with Crippen molar-refractivity contribution in [3.8, 4) is 5.75 Å². The van der Waals surface area contributed by atoms with E-state index >= 15 is 0 Å². The average Bonchev–Trinajstić information content (AvgIpc) is 2.79. The van der Waals surface area contributed by atoms with Crippen LogP contribution in [0.25, 0.3) is 0 Å². The normalized spacial score (nSPS) is 11.6. The molecule has 3 aromatic carbocycles. The average molecular weight is 486 g/mol. The Bertz CT molecular complexity index is 1230. The van der Waals surface area contributed by atoms with Gasteiger partial charge in [-0.3, -0.25) is 4.79 Å². The number of benzene rings is 3. The van der Waals surface area contributed by atoms with Gasteiger partial charge in [0.15, 0.2) is 0 Å². The molecular weight excluding hydrogens is 462 g/mol. The number of sulfonamides is 1. The third-order valence-electron chi connectivity index (χ3n) is 4.73. The number of nitrogens with one attached hydrogen (secondary N) is 1. The molecular formula is C24H24ClN3O4S. The minimum Gasteiger partial charge on any atom is -0.497 e. The molecule has 1 amide bonds. The fraction of sp³-hybridized carbons (Fsp3) is 0.167. The summed E-state index contributed by atoms with van der Waals surface area (Å²) >= 11 is 5.90. The maximum atomic E-state index is 13.3. The molecule has 0 spiro atoms. The quantitative estimate of drug-likeness (QED) is 0.366. The van der Waals surface area contributed by atoms with Crippen molar-refractivity contribution in [3.63, 3.8) is 0 Å². The minimum absolute atomic E-state index is 0.0300. The zero-order valence-corrected chi connectivity index (χ0v) is 19.8. The first-order valence-corrected chi connectivity index (χ1v) is 11.9. The van der Waals surface area contributed by atoms with Gasteiger partial charge >= 0.3 is 0 Å². The summed E-state index contributed by atoms with van der Waals surface area (Å²) in [6, 6.07) is 20.4. The van der Waals surface area contributed by atoms with Crippen molar-refractivity contribution in [2.75, 3.05) is 13.7 Å². The van der Waals surface area contributed by atoms with Crippen LogP contribution in [0, 0.1) is 6.92 Å². The number of ether oxygens (including phenoxy) is 1. The Balaban J connectivity index is 1.77. The predicted molar refractivity (Wildman–Crippen MR) is 129 cm³/mol. The summed E-state index contributed by atoms with van der Waals surface area (Å²) < 4.78 is 32.8. The second-order valence-corrected chi connectivity index (χ2v) is 9.66. The van der Waals surface area contributed by atoms with E-state index in [1.165, 1.54) is 30.5 Å². The Hall–Kier alpha value is -3.20. The summed E-state index contributed by atoms with van der Waals surface area (Å²) in [6.45, 7) is 1.54. The van der Waals surface area contributed by atoms with Crippen LogP contribution in [0.15, 0.2) is 82.8 Å². The number of aryl methyl sites for hydroxylation is 1. The summed E-state index contributed by atoms with van der Waals surface area (Å²) in [4.78, 5) is 12.6. The molecule has 0 aliphatic heterocycles. The molecule has 3 rings (SSSR count). The van der Waals surface area contributed by atoms with Gasteiger partial charge in [0.1, 0.15) is 5.75 Å². The standard InChI is InChI=1S/C24H24ClN3O4S/c1-18-4-3-5-20(14-18)16-28(33(30,31)23-12-8-21(25)9-13-23)17-24(29)27-26-15-19-6-10-22(32-2)11-7-19/h3-15H,16-17H2,1-2H3,(H,27,29)/b26-15-. The molecule has 3 aromatic rings. The number of hydrogen-bond donors (Lipinski definition) is 1. The van der Waals surface area contributed by atoms with Crippen LogP contribution in [-0.4, -0.2) is 38.5 Å². The molecule has 0 unspecified atom stereocenters. The molecule has 0 saturated carbocycles. The number of amides is 1. The topological polar surface area (TPSA) is 88.1 Å². The van der Waals surface area contributed by atoms with E-state index in [2.05, 4.69) is 10.5 Å². The van der Waals surface area contributed by atoms with Gasteiger partial charge in [-0.2, -0.15) is 9.41 Å². The lowest BCUT2D eigenvalue weighted by molar-refractivity contribution is -0.121. The number of halogens is 1. The molecule has 0 atom stereocenters. The first kappa shape index (κ1) is 24.4. The molecule has 33 heavy (non-hydrogen) atoms. The number of hydrogen-bond acceptors (Lipinski definition) is 5. The largest absolute Gasteiger partial charge is 0.497 e. The van der Waals surface area contributed by atoms with Crippen molar-refractivity contribution in [2.24, 2.45) is 5.10 Å². The molecule has 0 aromatic heterocycles. The van der Waals surface area contributed by atoms with Crippen molar-refractivity contribution >= 4 is 33.7 Å². The molecule has 1 N–H and O–H groups in total. The first-order valence-electron chi connectivity index (χ1n) is 10.0. The number of carbonyl (C=O) groups is 1. The van der Waals surface area contributed by atoms with Gasteiger partial charge in [0.2, 0.25) is 10.0 Å². The van der Waals surface area contributed by atoms with Gasteiger partial charge in [-0.15, -0.1) is 0 Å². The van der Waals surface area contributed by atoms with E-state index in [-0.39, 0.29) is 11.4 Å². The van der Waals surface area contributed by atoms with E-state index in [0.717, 1.165) is 21.0 Å². The maximum absolute atomic E-state index is 13.3. The van der Waals surface area contributed by atoms with Gasteiger partial charge in [-0.1, -0.05) is 41.4 Å². The summed E-state index contributed by atoms with van der Waals surface area (Å²) in [7, 11) is -2.39. The first-order chi connectivity index (χ1) is 15.8. The molecule has 0 fully saturated rings. The van der Waals surface area contributed by atoms with Crippen LogP contribution in [0.3, 0.4) is 0 Å². The van der Waals surface area contributed by atoms with Crippen LogP contribution in [0.2, 0.25) is 5.02 Å². The molecule has 7 nitrogen and oxygen atoms in total. The Labute approximate surface area is 198 Å². The van der Waals surface area contributed by atoms with Gasteiger partial charge in [0.25, 0.3) is 5.91 Å². The highest BCUT2D eigenvalue weighted by Gasteiger charge is 2.27. The van der Waals surface area contributed by atoms with E-state index in [9.17, 15) is 13.2 Å². The van der Waals surface area contributed by atoms with E-state index in [1.54, 1.807) is 31.4 Å². The molecule has 0 aliphatic carbocycles. The van der Waals surface area contributed by atoms with E-state index in [4.69, 9.17) is 16.3 Å². The van der Waals surface area contributed by atoms with Crippen LogP contribution in [0.5, 0.6) is 5.75 Å². The smallest absolute Gasteiger partial charge is 0.255 e. The monoisotopic (exact) mass is 485 g/mol. The number of rotatable bonds is 9. The molecule has 0 saturated heterocycles. The van der Waals surface area contributed by atoms with Crippen molar-refractivity contribution in [1.29, 1.82) is 0 Å². The highest BCUT2D eigenvalue weighted by atomic mass is 35.5. The highest BCUT2D eigenvalue weighted by molar-refractivity contribution is 7.89. The molecule has 0 radical (unpaired) electrons. The maximum Gasteiger partial charge on any atom is 0.255 e. The third-order valence-corrected chi connectivity index (χ3v) is 6.79. The van der Waals surface area contributed by atoms with Crippen molar-refractivity contribution in [1.82, 2.24) is 9.73 Å². The number of nitrogens with zero attached hydrogens (tertiary/aromatic N) is 2. The van der Waals surface area contributed by atoms with Crippen molar-refractivity contribution in [3.05, 3.63) is 94.5 Å². The second kappa shape index (κ2) is 11.1. The van der Waals surface area contributed by atoms with Gasteiger partial charge < -0.3 is 4.74 Å². The molecule has 0 bridgehead atoms. The minimum atomic E-state index is -3.96. The third kappa shape index (κ3) is 6.89. The second-order valence-electron chi connectivity index (χ2n) is 7.28. The summed E-state index contributed by atoms with van der Waals surface area (Å²) in [6.07, 6.45) is 1.47. The number of hydrazone groups is 1. The van der Waals surface area contributed by atoms with Crippen molar-refractivity contribution in [2.45, 2.75) is 18.4 Å². The summed E-state index contributed by atoms with van der Waals surface area (Å²) in [5.41, 5.74) is 4.90. The van der Waals surface area contributed by atoms with Crippen molar-refractivity contribution < 1.29 is 17.9 Å². The Morgan fingerprint density at radius 1 is 1.09 bits per heavy atom. The molecule has 0 heterocycles. The predicted octanol–water partition coefficient (Wildman–Crippen LogP) is 4.00. The highest BCUT2D eigenvalue weighted by Crippen LogP contribution is 2.21. The van der Waals surface area contributed by atoms with Crippen LogP contribution < -0.4 is 10.2 Å². The lowest BCUT2D eigenvalue weighted by Gasteiger charge is -2.21. The van der Waals surface area contributed by atoms with E-state index in [1.807, 2.05) is 31.2 Å². The van der Waals surface area contributed by atoms with Gasteiger partial charge in [0, 0.05) is 11.6 Å². The SMILES string of the molecule is COc1ccc(/C=N\NC(=O)CN(Cc2cccc(C)c2)S(=O)(=O)c2ccc(Cl)cc2)cc1. The Morgan fingerprint density at radius 2 is 1.79 bits per heavy atom. The molecule has 172 valence electrons. The van der Waals surface area contributed by atoms with Crippen LogP contribution in [0.4, 0.5) is 0 Å². The number of carbonyl (C=O) groups excluding carboxylic acids is 1. The van der Waals surface area contributed by atoms with Gasteiger partial charge in [-0.25, -0.2) is 13.8 Å². The van der Waals surface area contributed by atoms with Gasteiger partial charge in [-0.05, 0) is 66.6 Å². The summed E-state index contributed by atoms with van der Waals surface area (Å²) in [5.74, 6) is 0.139.